The van der Waals surface area contributed by atoms with Gasteiger partial charge in [-0.15, -0.1) is 0 Å². The zero-order chi connectivity index (χ0) is 16.4. The Kier molecular flexibility index (Phi) is 4.57. The molecule has 0 radical (unpaired) electrons. The van der Waals surface area contributed by atoms with Crippen LogP contribution in [0.2, 0.25) is 0 Å². The highest BCUT2D eigenvalue weighted by Crippen LogP contribution is 2.44. The van der Waals surface area contributed by atoms with Crippen LogP contribution in [0.15, 0.2) is 77.3 Å². The van der Waals surface area contributed by atoms with Crippen molar-refractivity contribution in [3.8, 4) is 0 Å². The Labute approximate surface area is 145 Å². The van der Waals surface area contributed by atoms with Gasteiger partial charge in [-0.3, -0.25) is 0 Å². The first-order chi connectivity index (χ1) is 11.0. The molecule has 0 fully saturated rings. The lowest BCUT2D eigenvalue weighted by Crippen LogP contribution is -2.28. The summed E-state index contributed by atoms with van der Waals surface area (Å²) in [4.78, 5) is 0. The van der Waals surface area contributed by atoms with Crippen molar-refractivity contribution in [2.75, 3.05) is 0 Å². The fourth-order valence-electron chi connectivity index (χ4n) is 3.08. The minimum absolute atomic E-state index is 0.875. The van der Waals surface area contributed by atoms with Crippen molar-refractivity contribution in [2.45, 2.75) is 13.8 Å². The summed E-state index contributed by atoms with van der Waals surface area (Å²) < 4.78 is 15.4. The van der Waals surface area contributed by atoms with E-state index in [0.29, 0.717) is 0 Å². The minimum Gasteiger partial charge on any atom is -0.309 e. The largest absolute Gasteiger partial charge is 0.309 e. The molecule has 0 aliphatic heterocycles. The molecule has 0 saturated carbocycles. The summed E-state index contributed by atoms with van der Waals surface area (Å²) in [6.07, 6.45) is 0. The van der Waals surface area contributed by atoms with Crippen molar-refractivity contribution in [2.24, 2.45) is 0 Å². The SMILES string of the molecule is Cc1cc(Br)cc(C)c1P(=O)(c1ccccc1)c1ccccc1. The fraction of sp³-hybridized carbons (Fsp3) is 0.100. The molecule has 0 bridgehead atoms. The first-order valence-corrected chi connectivity index (χ1v) is 10.0. The Morgan fingerprint density at radius 3 is 1.52 bits per heavy atom. The first kappa shape index (κ1) is 16.2. The monoisotopic (exact) mass is 384 g/mol. The zero-order valence-corrected chi connectivity index (χ0v) is 15.6. The Morgan fingerprint density at radius 1 is 0.739 bits per heavy atom. The van der Waals surface area contributed by atoms with Gasteiger partial charge in [0.2, 0.25) is 0 Å². The Hall–Kier alpha value is -1.63. The third-order valence-corrected chi connectivity index (χ3v) is 7.85. The molecule has 0 spiro atoms. The highest BCUT2D eigenvalue weighted by molar-refractivity contribution is 9.10. The molecule has 0 aliphatic carbocycles. The highest BCUT2D eigenvalue weighted by atomic mass is 79.9. The van der Waals surface area contributed by atoms with Gasteiger partial charge in [0.15, 0.2) is 7.14 Å². The van der Waals surface area contributed by atoms with Gasteiger partial charge in [0.25, 0.3) is 0 Å². The lowest BCUT2D eigenvalue weighted by atomic mass is 10.2. The van der Waals surface area contributed by atoms with Crippen molar-refractivity contribution in [1.82, 2.24) is 0 Å². The van der Waals surface area contributed by atoms with Gasteiger partial charge in [-0.2, -0.15) is 0 Å². The van der Waals surface area contributed by atoms with E-state index in [1.807, 2.05) is 86.6 Å². The van der Waals surface area contributed by atoms with Crippen LogP contribution in [0.4, 0.5) is 0 Å². The standard InChI is InChI=1S/C20H18BrOP/c1-15-13-17(21)14-16(2)20(15)23(22,18-9-5-3-6-10-18)19-11-7-4-8-12-19/h3-14H,1-2H3. The summed E-state index contributed by atoms with van der Waals surface area (Å²) in [5.74, 6) is 0. The van der Waals surface area contributed by atoms with Crippen molar-refractivity contribution in [3.63, 3.8) is 0 Å². The number of aryl methyl sites for hydroxylation is 2. The van der Waals surface area contributed by atoms with E-state index in [0.717, 1.165) is 31.5 Å². The van der Waals surface area contributed by atoms with Crippen LogP contribution in [0.25, 0.3) is 0 Å². The van der Waals surface area contributed by atoms with E-state index in [9.17, 15) is 4.57 Å². The summed E-state index contributed by atoms with van der Waals surface area (Å²) in [5.41, 5.74) is 2.10. The van der Waals surface area contributed by atoms with Crippen molar-refractivity contribution < 1.29 is 4.57 Å². The topological polar surface area (TPSA) is 17.1 Å². The third kappa shape index (κ3) is 2.94. The predicted octanol–water partition coefficient (Wildman–Crippen LogP) is 4.71. The number of benzene rings is 3. The molecule has 0 unspecified atom stereocenters. The molecule has 1 nitrogen and oxygen atoms in total. The van der Waals surface area contributed by atoms with Crippen molar-refractivity contribution >= 4 is 39.0 Å². The van der Waals surface area contributed by atoms with Crippen LogP contribution in [0.5, 0.6) is 0 Å². The average Bonchev–Trinajstić information content (AvgIpc) is 2.55. The normalized spacial score (nSPS) is 11.4. The molecule has 3 rings (SSSR count). The quantitative estimate of drug-likeness (QED) is 0.597. The van der Waals surface area contributed by atoms with Crippen LogP contribution in [0.3, 0.4) is 0 Å². The van der Waals surface area contributed by atoms with Crippen LogP contribution >= 0.6 is 23.1 Å². The van der Waals surface area contributed by atoms with Crippen LogP contribution in [0, 0.1) is 13.8 Å². The smallest absolute Gasteiger partial charge is 0.171 e. The van der Waals surface area contributed by atoms with Gasteiger partial charge < -0.3 is 4.57 Å². The molecule has 0 amide bonds. The Bertz CT molecular complexity index is 806. The Balaban J connectivity index is 2.38. The third-order valence-electron chi connectivity index (χ3n) is 4.01. The van der Waals surface area contributed by atoms with Crippen LogP contribution in [0.1, 0.15) is 11.1 Å². The molecule has 0 aromatic heterocycles. The molecular weight excluding hydrogens is 367 g/mol. The molecule has 3 heteroatoms. The zero-order valence-electron chi connectivity index (χ0n) is 13.2. The maximum Gasteiger partial charge on any atom is 0.171 e. The van der Waals surface area contributed by atoms with E-state index in [-0.39, 0.29) is 0 Å². The van der Waals surface area contributed by atoms with Crippen LogP contribution < -0.4 is 15.9 Å². The van der Waals surface area contributed by atoms with E-state index in [1.54, 1.807) is 0 Å². The maximum absolute atomic E-state index is 14.4. The number of halogens is 1. The van der Waals surface area contributed by atoms with E-state index >= 15 is 0 Å². The summed E-state index contributed by atoms with van der Waals surface area (Å²) in [6, 6.07) is 23.7. The van der Waals surface area contributed by atoms with Crippen LogP contribution in [-0.4, -0.2) is 0 Å². The van der Waals surface area contributed by atoms with E-state index < -0.39 is 7.14 Å². The fourth-order valence-corrected chi connectivity index (χ4v) is 6.89. The molecule has 0 heterocycles. The Morgan fingerprint density at radius 2 is 1.13 bits per heavy atom. The predicted molar refractivity (Wildman–Crippen MR) is 103 cm³/mol. The van der Waals surface area contributed by atoms with Gasteiger partial charge in [-0.25, -0.2) is 0 Å². The highest BCUT2D eigenvalue weighted by Gasteiger charge is 2.32. The summed E-state index contributed by atoms with van der Waals surface area (Å²) in [7, 11) is -2.89. The molecule has 3 aromatic carbocycles. The summed E-state index contributed by atoms with van der Waals surface area (Å²) in [5, 5.41) is 2.69. The lowest BCUT2D eigenvalue weighted by molar-refractivity contribution is 0.592. The van der Waals surface area contributed by atoms with Gasteiger partial charge >= 0.3 is 0 Å². The molecular formula is C20H18BrOP. The second kappa shape index (κ2) is 6.47. The summed E-state index contributed by atoms with van der Waals surface area (Å²) in [6.45, 7) is 4.07. The van der Waals surface area contributed by atoms with Crippen molar-refractivity contribution in [1.29, 1.82) is 0 Å². The van der Waals surface area contributed by atoms with Crippen molar-refractivity contribution in [3.05, 3.63) is 88.4 Å². The van der Waals surface area contributed by atoms with E-state index in [1.165, 1.54) is 0 Å². The maximum atomic E-state index is 14.4. The van der Waals surface area contributed by atoms with Gasteiger partial charge in [0.05, 0.1) is 0 Å². The van der Waals surface area contributed by atoms with Crippen LogP contribution in [-0.2, 0) is 4.57 Å². The van der Waals surface area contributed by atoms with E-state index in [4.69, 9.17) is 0 Å². The number of rotatable bonds is 3. The molecule has 0 aliphatic rings. The number of hydrogen-bond donors (Lipinski definition) is 0. The van der Waals surface area contributed by atoms with E-state index in [2.05, 4.69) is 15.9 Å². The number of hydrogen-bond acceptors (Lipinski definition) is 1. The minimum atomic E-state index is -2.89. The molecule has 116 valence electrons. The second-order valence-corrected chi connectivity index (χ2v) is 9.28. The molecule has 0 N–H and O–H groups in total. The van der Waals surface area contributed by atoms with Gasteiger partial charge in [-0.1, -0.05) is 76.6 Å². The van der Waals surface area contributed by atoms with Gasteiger partial charge in [-0.05, 0) is 37.1 Å². The van der Waals surface area contributed by atoms with Gasteiger partial charge in [0, 0.05) is 20.4 Å². The first-order valence-electron chi connectivity index (χ1n) is 7.52. The second-order valence-electron chi connectivity index (χ2n) is 5.67. The van der Waals surface area contributed by atoms with Gasteiger partial charge in [0.1, 0.15) is 0 Å². The molecule has 23 heavy (non-hydrogen) atoms. The molecule has 3 aromatic rings. The lowest BCUT2D eigenvalue weighted by Gasteiger charge is -2.24. The average molecular weight is 385 g/mol. The summed E-state index contributed by atoms with van der Waals surface area (Å²) >= 11 is 3.54. The molecule has 0 saturated heterocycles. The molecule has 0 atom stereocenters.